The van der Waals surface area contributed by atoms with E-state index in [1.807, 2.05) is 0 Å². The predicted octanol–water partition coefficient (Wildman–Crippen LogP) is 1.38. The molecule has 0 radical (unpaired) electrons. The molecule has 1 amide bonds. The monoisotopic (exact) mass is 292 g/mol. The van der Waals surface area contributed by atoms with E-state index < -0.39 is 5.95 Å². The molecular formula is C15H21FN4O. The molecule has 0 spiro atoms. The number of piperidine rings is 1. The average molecular weight is 292 g/mol. The normalized spacial score (nSPS) is 24.1. The summed E-state index contributed by atoms with van der Waals surface area (Å²) < 4.78 is 13.1. The van der Waals surface area contributed by atoms with Gasteiger partial charge in [0.15, 0.2) is 0 Å². The molecule has 0 aliphatic carbocycles. The van der Waals surface area contributed by atoms with Gasteiger partial charge >= 0.3 is 0 Å². The minimum Gasteiger partial charge on any atom is -0.317 e. The molecule has 5 nitrogen and oxygen atoms in total. The number of aromatic nitrogens is 1. The summed E-state index contributed by atoms with van der Waals surface area (Å²) in [7, 11) is 0. The second kappa shape index (κ2) is 6.49. The minimum atomic E-state index is -0.575. The van der Waals surface area contributed by atoms with Crippen LogP contribution in [0.1, 0.15) is 25.7 Å². The van der Waals surface area contributed by atoms with Crippen LogP contribution in [0.5, 0.6) is 0 Å². The standard InChI is InChI=1S/C15H21FN4O/c16-13-4-1-5-14(18-13)19-15(21)12-3-2-10-20(12)11-6-8-17-9-7-11/h1,4-5,11-12,17H,2-3,6-10H2,(H,18,19,21). The van der Waals surface area contributed by atoms with Crippen molar-refractivity contribution in [2.75, 3.05) is 25.0 Å². The number of amides is 1. The van der Waals surface area contributed by atoms with Crippen LogP contribution in [0.3, 0.4) is 0 Å². The van der Waals surface area contributed by atoms with Gasteiger partial charge in [-0.05, 0) is 57.5 Å². The van der Waals surface area contributed by atoms with Crippen molar-refractivity contribution in [2.45, 2.75) is 37.8 Å². The molecule has 2 saturated heterocycles. The van der Waals surface area contributed by atoms with Crippen LogP contribution in [-0.4, -0.2) is 47.5 Å². The zero-order chi connectivity index (χ0) is 14.7. The maximum Gasteiger partial charge on any atom is 0.242 e. The fourth-order valence-electron chi connectivity index (χ4n) is 3.33. The Kier molecular flexibility index (Phi) is 4.45. The van der Waals surface area contributed by atoms with Crippen LogP contribution in [0, 0.1) is 5.95 Å². The summed E-state index contributed by atoms with van der Waals surface area (Å²) in [5, 5.41) is 6.10. The lowest BCUT2D eigenvalue weighted by molar-refractivity contribution is -0.121. The second-order valence-corrected chi connectivity index (χ2v) is 5.71. The van der Waals surface area contributed by atoms with Gasteiger partial charge in [0.1, 0.15) is 5.82 Å². The zero-order valence-electron chi connectivity index (χ0n) is 12.0. The number of nitrogens with one attached hydrogen (secondary N) is 2. The number of hydrogen-bond donors (Lipinski definition) is 2. The van der Waals surface area contributed by atoms with Crippen molar-refractivity contribution in [3.63, 3.8) is 0 Å². The highest BCUT2D eigenvalue weighted by Crippen LogP contribution is 2.25. The highest BCUT2D eigenvalue weighted by Gasteiger charge is 2.35. The third-order valence-electron chi connectivity index (χ3n) is 4.34. The van der Waals surface area contributed by atoms with E-state index in [1.165, 1.54) is 6.07 Å². The summed E-state index contributed by atoms with van der Waals surface area (Å²) >= 11 is 0. The highest BCUT2D eigenvalue weighted by atomic mass is 19.1. The Morgan fingerprint density at radius 3 is 2.90 bits per heavy atom. The zero-order valence-corrected chi connectivity index (χ0v) is 12.0. The third-order valence-corrected chi connectivity index (χ3v) is 4.34. The van der Waals surface area contributed by atoms with Gasteiger partial charge in [-0.25, -0.2) is 4.98 Å². The highest BCUT2D eigenvalue weighted by molar-refractivity contribution is 5.94. The number of anilines is 1. The Labute approximate surface area is 123 Å². The quantitative estimate of drug-likeness (QED) is 0.826. The van der Waals surface area contributed by atoms with E-state index in [9.17, 15) is 9.18 Å². The fourth-order valence-corrected chi connectivity index (χ4v) is 3.33. The Hall–Kier alpha value is -1.53. The SMILES string of the molecule is O=C(Nc1cccc(F)n1)C1CCCN1C1CCNCC1. The van der Waals surface area contributed by atoms with Crippen LogP contribution in [0.2, 0.25) is 0 Å². The first kappa shape index (κ1) is 14.4. The number of carbonyl (C=O) groups excluding carboxylic acids is 1. The fraction of sp³-hybridized carbons (Fsp3) is 0.600. The van der Waals surface area contributed by atoms with E-state index >= 15 is 0 Å². The van der Waals surface area contributed by atoms with E-state index in [2.05, 4.69) is 20.5 Å². The van der Waals surface area contributed by atoms with Crippen LogP contribution < -0.4 is 10.6 Å². The van der Waals surface area contributed by atoms with Crippen molar-refractivity contribution in [3.8, 4) is 0 Å². The summed E-state index contributed by atoms with van der Waals surface area (Å²) in [4.78, 5) is 18.5. The van der Waals surface area contributed by atoms with Gasteiger partial charge in [0.2, 0.25) is 11.9 Å². The van der Waals surface area contributed by atoms with E-state index in [1.54, 1.807) is 12.1 Å². The van der Waals surface area contributed by atoms with Gasteiger partial charge in [-0.1, -0.05) is 6.07 Å². The van der Waals surface area contributed by atoms with E-state index in [0.29, 0.717) is 6.04 Å². The van der Waals surface area contributed by atoms with Gasteiger partial charge in [-0.15, -0.1) is 0 Å². The molecule has 1 aromatic rings. The molecule has 1 atom stereocenters. The van der Waals surface area contributed by atoms with Crippen LogP contribution in [0.15, 0.2) is 18.2 Å². The third kappa shape index (κ3) is 3.39. The summed E-state index contributed by atoms with van der Waals surface area (Å²) in [5.74, 6) is -0.351. The molecule has 0 aromatic carbocycles. The summed E-state index contributed by atoms with van der Waals surface area (Å²) in [6.45, 7) is 3.00. The van der Waals surface area contributed by atoms with E-state index in [0.717, 1.165) is 45.3 Å². The number of hydrogen-bond acceptors (Lipinski definition) is 4. The first-order chi connectivity index (χ1) is 10.2. The molecule has 3 heterocycles. The molecule has 21 heavy (non-hydrogen) atoms. The van der Waals surface area contributed by atoms with Crippen molar-refractivity contribution in [3.05, 3.63) is 24.1 Å². The molecule has 2 aliphatic heterocycles. The Bertz CT molecular complexity index is 504. The lowest BCUT2D eigenvalue weighted by atomic mass is 10.0. The van der Waals surface area contributed by atoms with Crippen molar-refractivity contribution >= 4 is 11.7 Å². The number of halogens is 1. The van der Waals surface area contributed by atoms with Gasteiger partial charge < -0.3 is 10.6 Å². The van der Waals surface area contributed by atoms with E-state index in [4.69, 9.17) is 0 Å². The van der Waals surface area contributed by atoms with Crippen LogP contribution >= 0.6 is 0 Å². The Morgan fingerprint density at radius 2 is 2.14 bits per heavy atom. The Morgan fingerprint density at radius 1 is 1.33 bits per heavy atom. The molecule has 0 saturated carbocycles. The second-order valence-electron chi connectivity index (χ2n) is 5.71. The van der Waals surface area contributed by atoms with Crippen LogP contribution in [-0.2, 0) is 4.79 Å². The number of pyridine rings is 1. The molecular weight excluding hydrogens is 271 g/mol. The van der Waals surface area contributed by atoms with Gasteiger partial charge in [0, 0.05) is 6.04 Å². The maximum absolute atomic E-state index is 13.1. The smallest absolute Gasteiger partial charge is 0.242 e. The topological polar surface area (TPSA) is 57.3 Å². The van der Waals surface area contributed by atoms with Crippen molar-refractivity contribution in [2.24, 2.45) is 0 Å². The predicted molar refractivity (Wildman–Crippen MR) is 78.4 cm³/mol. The molecule has 2 aliphatic rings. The van der Waals surface area contributed by atoms with E-state index in [-0.39, 0.29) is 17.8 Å². The number of likely N-dealkylation sites (tertiary alicyclic amines) is 1. The van der Waals surface area contributed by atoms with Gasteiger partial charge in [-0.2, -0.15) is 4.39 Å². The number of rotatable bonds is 3. The molecule has 6 heteroatoms. The molecule has 2 N–H and O–H groups in total. The lowest BCUT2D eigenvalue weighted by Gasteiger charge is -2.35. The van der Waals surface area contributed by atoms with Crippen LogP contribution in [0.4, 0.5) is 10.2 Å². The van der Waals surface area contributed by atoms with Crippen molar-refractivity contribution in [1.82, 2.24) is 15.2 Å². The molecule has 2 fully saturated rings. The minimum absolute atomic E-state index is 0.0656. The Balaban J connectivity index is 1.65. The van der Waals surface area contributed by atoms with Crippen molar-refractivity contribution < 1.29 is 9.18 Å². The first-order valence-electron chi connectivity index (χ1n) is 7.64. The summed E-state index contributed by atoms with van der Waals surface area (Å²) in [6.07, 6.45) is 4.08. The van der Waals surface area contributed by atoms with Gasteiger partial charge in [0.05, 0.1) is 6.04 Å². The van der Waals surface area contributed by atoms with Crippen molar-refractivity contribution in [1.29, 1.82) is 0 Å². The maximum atomic E-state index is 13.1. The first-order valence-corrected chi connectivity index (χ1v) is 7.64. The van der Waals surface area contributed by atoms with Gasteiger partial charge in [0.25, 0.3) is 0 Å². The number of carbonyl (C=O) groups is 1. The largest absolute Gasteiger partial charge is 0.317 e. The summed E-state index contributed by atoms with van der Waals surface area (Å²) in [5.41, 5.74) is 0. The molecule has 0 bridgehead atoms. The summed E-state index contributed by atoms with van der Waals surface area (Å²) in [6, 6.07) is 4.80. The molecule has 1 unspecified atom stereocenters. The molecule has 3 rings (SSSR count). The van der Waals surface area contributed by atoms with Gasteiger partial charge in [-0.3, -0.25) is 9.69 Å². The lowest BCUT2D eigenvalue weighted by Crippen LogP contribution is -2.49. The molecule has 1 aromatic heterocycles. The van der Waals surface area contributed by atoms with Crippen LogP contribution in [0.25, 0.3) is 0 Å². The number of nitrogens with zero attached hydrogens (tertiary/aromatic N) is 2. The molecule has 114 valence electrons. The average Bonchev–Trinajstić information content (AvgIpc) is 2.98.